The van der Waals surface area contributed by atoms with Crippen LogP contribution in [0.2, 0.25) is 0 Å². The summed E-state index contributed by atoms with van der Waals surface area (Å²) in [7, 11) is 0. The number of hydrogen-bond donors (Lipinski definition) is 2. The van der Waals surface area contributed by atoms with Gasteiger partial charge < -0.3 is 10.2 Å². The van der Waals surface area contributed by atoms with Crippen molar-refractivity contribution in [3.63, 3.8) is 0 Å². The lowest BCUT2D eigenvalue weighted by Crippen LogP contribution is -2.17. The van der Waals surface area contributed by atoms with Gasteiger partial charge in [0.05, 0.1) is 6.10 Å². The van der Waals surface area contributed by atoms with Crippen molar-refractivity contribution in [1.82, 2.24) is 0 Å². The molecular weight excluding hydrogens is 116 g/mol. The van der Waals surface area contributed by atoms with Crippen LogP contribution in [0.15, 0.2) is 12.2 Å². The topological polar surface area (TPSA) is 40.5 Å². The molecule has 2 N–H and O–H groups in total. The number of aliphatic hydroxyl groups is 2. The van der Waals surface area contributed by atoms with Gasteiger partial charge in [-0.15, -0.1) is 0 Å². The molecule has 2 heteroatoms. The van der Waals surface area contributed by atoms with Crippen molar-refractivity contribution in [2.24, 2.45) is 5.92 Å². The first-order valence-electron chi connectivity index (χ1n) is 3.28. The van der Waals surface area contributed by atoms with E-state index < -0.39 is 0 Å². The molecule has 0 aromatic heterocycles. The smallest absolute Gasteiger partial charge is 0.0724 e. The van der Waals surface area contributed by atoms with Gasteiger partial charge >= 0.3 is 0 Å². The summed E-state index contributed by atoms with van der Waals surface area (Å²) in [5.41, 5.74) is 0. The van der Waals surface area contributed by atoms with E-state index in [0.717, 1.165) is 6.42 Å². The van der Waals surface area contributed by atoms with Gasteiger partial charge in [-0.25, -0.2) is 0 Å². The molecule has 2 atom stereocenters. The Bertz CT molecular complexity index is 109. The maximum absolute atomic E-state index is 9.01. The fraction of sp³-hybridized carbons (Fsp3) is 0.714. The summed E-state index contributed by atoms with van der Waals surface area (Å²) in [5.74, 6) is 0.282. The molecule has 0 unspecified atom stereocenters. The van der Waals surface area contributed by atoms with Crippen LogP contribution in [-0.4, -0.2) is 22.9 Å². The molecule has 0 saturated heterocycles. The number of hydrogen-bond acceptors (Lipinski definition) is 2. The molecule has 0 amide bonds. The van der Waals surface area contributed by atoms with E-state index in [2.05, 4.69) is 0 Å². The van der Waals surface area contributed by atoms with Crippen molar-refractivity contribution in [2.45, 2.75) is 18.9 Å². The van der Waals surface area contributed by atoms with Crippen molar-refractivity contribution in [3.05, 3.63) is 12.2 Å². The quantitative estimate of drug-likeness (QED) is 0.499. The maximum atomic E-state index is 9.01. The Morgan fingerprint density at radius 1 is 1.56 bits per heavy atom. The molecule has 0 aromatic carbocycles. The van der Waals surface area contributed by atoms with Gasteiger partial charge in [0.25, 0.3) is 0 Å². The van der Waals surface area contributed by atoms with E-state index >= 15 is 0 Å². The number of rotatable bonds is 1. The van der Waals surface area contributed by atoms with Crippen LogP contribution in [0.3, 0.4) is 0 Å². The van der Waals surface area contributed by atoms with Gasteiger partial charge in [0.1, 0.15) is 0 Å². The van der Waals surface area contributed by atoms with Crippen molar-refractivity contribution in [1.29, 1.82) is 0 Å². The van der Waals surface area contributed by atoms with Crippen LogP contribution < -0.4 is 0 Å². The van der Waals surface area contributed by atoms with Crippen LogP contribution in [-0.2, 0) is 0 Å². The molecule has 0 fully saturated rings. The molecule has 1 rings (SSSR count). The van der Waals surface area contributed by atoms with E-state index in [-0.39, 0.29) is 18.6 Å². The van der Waals surface area contributed by atoms with Gasteiger partial charge in [-0.2, -0.15) is 0 Å². The van der Waals surface area contributed by atoms with Crippen LogP contribution in [0.5, 0.6) is 0 Å². The second-order valence-electron chi connectivity index (χ2n) is 2.52. The molecule has 1 aliphatic rings. The Morgan fingerprint density at radius 3 is 2.78 bits per heavy atom. The first-order chi connectivity index (χ1) is 4.33. The summed E-state index contributed by atoms with van der Waals surface area (Å²) in [5, 5.41) is 17.7. The monoisotopic (exact) mass is 128 g/mol. The van der Waals surface area contributed by atoms with E-state index in [1.807, 2.05) is 6.08 Å². The molecular formula is C7H12O2. The van der Waals surface area contributed by atoms with Crippen molar-refractivity contribution < 1.29 is 10.2 Å². The predicted molar refractivity (Wildman–Crippen MR) is 35.0 cm³/mol. The molecule has 0 aliphatic heterocycles. The minimum Gasteiger partial charge on any atom is -0.396 e. The van der Waals surface area contributed by atoms with Crippen LogP contribution in [0.4, 0.5) is 0 Å². The molecule has 0 aromatic rings. The Morgan fingerprint density at radius 2 is 2.33 bits per heavy atom. The fourth-order valence-corrected chi connectivity index (χ4v) is 1.09. The highest BCUT2D eigenvalue weighted by molar-refractivity contribution is 4.96. The Kier molecular flexibility index (Phi) is 2.25. The number of allylic oxidation sites excluding steroid dienone is 1. The molecule has 0 heterocycles. The maximum Gasteiger partial charge on any atom is 0.0724 e. The fourth-order valence-electron chi connectivity index (χ4n) is 1.09. The first-order valence-corrected chi connectivity index (χ1v) is 3.28. The average Bonchev–Trinajstić information content (AvgIpc) is 1.88. The van der Waals surface area contributed by atoms with Gasteiger partial charge in [0, 0.05) is 6.61 Å². The summed E-state index contributed by atoms with van der Waals surface area (Å²) in [6.07, 6.45) is 5.01. The number of aliphatic hydroxyl groups excluding tert-OH is 2. The van der Waals surface area contributed by atoms with Crippen LogP contribution in [0, 0.1) is 5.92 Å². The zero-order valence-corrected chi connectivity index (χ0v) is 5.33. The predicted octanol–water partition coefficient (Wildman–Crippen LogP) is 0.306. The Balaban J connectivity index is 2.38. The van der Waals surface area contributed by atoms with E-state index in [1.165, 1.54) is 0 Å². The van der Waals surface area contributed by atoms with Crippen molar-refractivity contribution in [3.8, 4) is 0 Å². The van der Waals surface area contributed by atoms with E-state index in [1.54, 1.807) is 6.08 Å². The second kappa shape index (κ2) is 2.99. The molecule has 52 valence electrons. The summed E-state index contributed by atoms with van der Waals surface area (Å²) >= 11 is 0. The van der Waals surface area contributed by atoms with Gasteiger partial charge in [-0.3, -0.25) is 0 Å². The van der Waals surface area contributed by atoms with Crippen LogP contribution in [0.25, 0.3) is 0 Å². The van der Waals surface area contributed by atoms with Gasteiger partial charge in [-0.1, -0.05) is 12.2 Å². The normalized spacial score (nSPS) is 34.9. The zero-order chi connectivity index (χ0) is 6.69. The SMILES string of the molecule is OC[C@H]1CC=C[C@H](O)C1. The summed E-state index contributed by atoms with van der Waals surface area (Å²) in [4.78, 5) is 0. The Labute approximate surface area is 54.8 Å². The lowest BCUT2D eigenvalue weighted by Gasteiger charge is -2.18. The molecule has 0 spiro atoms. The summed E-state index contributed by atoms with van der Waals surface area (Å²) in [6.45, 7) is 0.196. The molecule has 9 heavy (non-hydrogen) atoms. The van der Waals surface area contributed by atoms with E-state index in [9.17, 15) is 0 Å². The third-order valence-corrected chi connectivity index (χ3v) is 1.66. The molecule has 0 saturated carbocycles. The Hall–Kier alpha value is -0.340. The van der Waals surface area contributed by atoms with Crippen molar-refractivity contribution >= 4 is 0 Å². The summed E-state index contributed by atoms with van der Waals surface area (Å²) < 4.78 is 0. The van der Waals surface area contributed by atoms with Crippen LogP contribution >= 0.6 is 0 Å². The minimum atomic E-state index is -0.323. The molecule has 2 nitrogen and oxygen atoms in total. The lowest BCUT2D eigenvalue weighted by atomic mass is 9.94. The standard InChI is InChI=1S/C7H12O2/c8-5-6-2-1-3-7(9)4-6/h1,3,6-9H,2,4-5H2/t6-,7-/m0/s1. The highest BCUT2D eigenvalue weighted by atomic mass is 16.3. The minimum absolute atomic E-state index is 0.196. The zero-order valence-electron chi connectivity index (χ0n) is 5.33. The van der Waals surface area contributed by atoms with Crippen LogP contribution in [0.1, 0.15) is 12.8 Å². The van der Waals surface area contributed by atoms with Crippen molar-refractivity contribution in [2.75, 3.05) is 6.61 Å². The highest BCUT2D eigenvalue weighted by Crippen LogP contribution is 2.17. The molecule has 0 bridgehead atoms. The lowest BCUT2D eigenvalue weighted by molar-refractivity contribution is 0.139. The van der Waals surface area contributed by atoms with Gasteiger partial charge in [0.2, 0.25) is 0 Å². The molecule has 0 radical (unpaired) electrons. The molecule has 1 aliphatic carbocycles. The summed E-state index contributed by atoms with van der Waals surface area (Å²) in [6, 6.07) is 0. The third-order valence-electron chi connectivity index (χ3n) is 1.66. The largest absolute Gasteiger partial charge is 0.396 e. The van der Waals surface area contributed by atoms with E-state index in [0.29, 0.717) is 6.42 Å². The third kappa shape index (κ3) is 1.80. The van der Waals surface area contributed by atoms with E-state index in [4.69, 9.17) is 10.2 Å². The first kappa shape index (κ1) is 6.78. The highest BCUT2D eigenvalue weighted by Gasteiger charge is 2.13. The van der Waals surface area contributed by atoms with Gasteiger partial charge in [0.15, 0.2) is 0 Å². The average molecular weight is 128 g/mol. The van der Waals surface area contributed by atoms with Gasteiger partial charge in [-0.05, 0) is 18.8 Å². The second-order valence-corrected chi connectivity index (χ2v) is 2.52.